The second-order valence-corrected chi connectivity index (χ2v) is 9.61. The second-order valence-electron chi connectivity index (χ2n) is 6.19. The molecular formula is C17H23NO3S2. The van der Waals surface area contributed by atoms with E-state index in [9.17, 15) is 8.42 Å². The number of rotatable bonds is 5. The molecule has 2 atom stereocenters. The number of ether oxygens (including phenoxy) is 1. The number of benzene rings is 1. The molecular weight excluding hydrogens is 330 g/mol. The molecule has 0 bridgehead atoms. The number of nitrogens with zero attached hydrogens (tertiary/aromatic N) is 1. The highest BCUT2D eigenvalue weighted by Crippen LogP contribution is 2.27. The fraction of sp³-hybridized carbons (Fsp3) is 0.588. The Balaban J connectivity index is 1.66. The first-order chi connectivity index (χ1) is 11.0. The zero-order valence-electron chi connectivity index (χ0n) is 13.4. The lowest BCUT2D eigenvalue weighted by Crippen LogP contribution is -2.22. The van der Waals surface area contributed by atoms with Gasteiger partial charge in [-0.1, -0.05) is 12.1 Å². The van der Waals surface area contributed by atoms with E-state index in [1.807, 2.05) is 23.9 Å². The highest BCUT2D eigenvalue weighted by molar-refractivity contribution is 8.00. The molecule has 0 amide bonds. The van der Waals surface area contributed by atoms with Gasteiger partial charge in [0.25, 0.3) is 0 Å². The summed E-state index contributed by atoms with van der Waals surface area (Å²) in [5.41, 5.74) is 2.03. The van der Waals surface area contributed by atoms with E-state index in [2.05, 4.69) is 0 Å². The quantitative estimate of drug-likeness (QED) is 0.815. The van der Waals surface area contributed by atoms with Crippen LogP contribution in [0.3, 0.4) is 0 Å². The minimum atomic E-state index is -3.15. The average Bonchev–Trinajstić information content (AvgIpc) is 3.06. The zero-order valence-corrected chi connectivity index (χ0v) is 15.0. The van der Waals surface area contributed by atoms with Crippen molar-refractivity contribution in [1.29, 1.82) is 0 Å². The number of hydrogen-bond acceptors (Lipinski definition) is 5. The number of sulfone groups is 1. The second kappa shape index (κ2) is 7.36. The third kappa shape index (κ3) is 4.58. The predicted octanol–water partition coefficient (Wildman–Crippen LogP) is 3.30. The molecule has 0 radical (unpaired) electrons. The van der Waals surface area contributed by atoms with Gasteiger partial charge in [-0.05, 0) is 55.6 Å². The maximum absolute atomic E-state index is 11.5. The molecule has 2 aliphatic rings. The Bertz CT molecular complexity index is 662. The van der Waals surface area contributed by atoms with Gasteiger partial charge in [-0.15, -0.1) is 0 Å². The molecule has 0 N–H and O–H groups in total. The average molecular weight is 354 g/mol. The molecule has 3 rings (SSSR count). The standard InChI is InChI=1S/C17H23NO3S2/c1-23(19,20)15-9-7-13(8-10-15)16-5-2-6-17(18-16)21-12-14-4-3-11-22-14/h7-10,14,17H,2-6,11-12H2,1H3. The van der Waals surface area contributed by atoms with Crippen LogP contribution < -0.4 is 0 Å². The van der Waals surface area contributed by atoms with Crippen LogP contribution in [-0.4, -0.2) is 44.2 Å². The molecule has 0 aromatic heterocycles. The Morgan fingerprint density at radius 2 is 2.00 bits per heavy atom. The van der Waals surface area contributed by atoms with Crippen LogP contribution in [0.15, 0.2) is 34.2 Å². The fourth-order valence-corrected chi connectivity index (χ4v) is 4.78. The number of hydrogen-bond donors (Lipinski definition) is 0. The highest BCUT2D eigenvalue weighted by atomic mass is 32.2. The van der Waals surface area contributed by atoms with Gasteiger partial charge in [-0.25, -0.2) is 8.42 Å². The van der Waals surface area contributed by atoms with Gasteiger partial charge in [0.1, 0.15) is 6.23 Å². The first-order valence-corrected chi connectivity index (χ1v) is 11.1. The molecule has 0 spiro atoms. The minimum Gasteiger partial charge on any atom is -0.355 e. The van der Waals surface area contributed by atoms with E-state index in [0.717, 1.165) is 37.1 Å². The molecule has 1 saturated heterocycles. The highest BCUT2D eigenvalue weighted by Gasteiger charge is 2.21. The first-order valence-electron chi connectivity index (χ1n) is 8.13. The van der Waals surface area contributed by atoms with Gasteiger partial charge < -0.3 is 4.74 Å². The third-order valence-corrected chi connectivity index (χ3v) is 6.77. The Labute approximate surface area is 142 Å². The van der Waals surface area contributed by atoms with E-state index in [1.165, 1.54) is 24.9 Å². The molecule has 23 heavy (non-hydrogen) atoms. The Hall–Kier alpha value is -0.850. The summed E-state index contributed by atoms with van der Waals surface area (Å²) >= 11 is 2.00. The molecule has 1 aromatic rings. The molecule has 1 fully saturated rings. The van der Waals surface area contributed by atoms with Crippen molar-refractivity contribution in [2.24, 2.45) is 4.99 Å². The lowest BCUT2D eigenvalue weighted by atomic mass is 10.0. The molecule has 6 heteroatoms. The van der Waals surface area contributed by atoms with Gasteiger partial charge in [-0.3, -0.25) is 4.99 Å². The normalized spacial score (nSPS) is 25.3. The third-order valence-electron chi connectivity index (χ3n) is 4.28. The van der Waals surface area contributed by atoms with Crippen molar-refractivity contribution in [3.8, 4) is 0 Å². The molecule has 126 valence electrons. The van der Waals surface area contributed by atoms with Gasteiger partial charge in [-0.2, -0.15) is 11.8 Å². The van der Waals surface area contributed by atoms with Crippen molar-refractivity contribution >= 4 is 27.3 Å². The molecule has 0 saturated carbocycles. The maximum atomic E-state index is 11.5. The molecule has 4 nitrogen and oxygen atoms in total. The van der Waals surface area contributed by atoms with Crippen molar-refractivity contribution in [3.63, 3.8) is 0 Å². The van der Waals surface area contributed by atoms with Crippen LogP contribution in [-0.2, 0) is 14.6 Å². The van der Waals surface area contributed by atoms with Gasteiger partial charge >= 0.3 is 0 Å². The predicted molar refractivity (Wildman–Crippen MR) is 95.2 cm³/mol. The van der Waals surface area contributed by atoms with Crippen LogP contribution in [0.25, 0.3) is 0 Å². The summed E-state index contributed by atoms with van der Waals surface area (Å²) in [6.45, 7) is 0.791. The van der Waals surface area contributed by atoms with Crippen LogP contribution in [0.1, 0.15) is 37.7 Å². The lowest BCUT2D eigenvalue weighted by Gasteiger charge is -2.22. The van der Waals surface area contributed by atoms with Gasteiger partial charge in [0.15, 0.2) is 9.84 Å². The fourth-order valence-electron chi connectivity index (χ4n) is 2.98. The van der Waals surface area contributed by atoms with Crippen molar-refractivity contribution < 1.29 is 13.2 Å². The van der Waals surface area contributed by atoms with E-state index in [4.69, 9.17) is 9.73 Å². The monoisotopic (exact) mass is 353 g/mol. The summed E-state index contributed by atoms with van der Waals surface area (Å²) in [4.78, 5) is 5.09. The number of thioether (sulfide) groups is 1. The summed E-state index contributed by atoms with van der Waals surface area (Å²) in [6.07, 6.45) is 6.69. The SMILES string of the molecule is CS(=O)(=O)c1ccc(C2=NC(OCC3CCCS3)CCC2)cc1. The van der Waals surface area contributed by atoms with Gasteiger partial charge in [0.05, 0.1) is 11.5 Å². The maximum Gasteiger partial charge on any atom is 0.175 e. The van der Waals surface area contributed by atoms with E-state index < -0.39 is 9.84 Å². The molecule has 2 aliphatic heterocycles. The lowest BCUT2D eigenvalue weighted by molar-refractivity contribution is 0.0505. The van der Waals surface area contributed by atoms with E-state index in [1.54, 1.807) is 12.1 Å². The van der Waals surface area contributed by atoms with Crippen molar-refractivity contribution in [3.05, 3.63) is 29.8 Å². The summed E-state index contributed by atoms with van der Waals surface area (Å²) in [6, 6.07) is 7.02. The minimum absolute atomic E-state index is 0.0467. The zero-order chi connectivity index (χ0) is 16.3. The van der Waals surface area contributed by atoms with E-state index in [0.29, 0.717) is 10.1 Å². The molecule has 2 unspecified atom stereocenters. The van der Waals surface area contributed by atoms with Crippen LogP contribution in [0.5, 0.6) is 0 Å². The summed E-state index contributed by atoms with van der Waals surface area (Å²) in [7, 11) is -3.15. The summed E-state index contributed by atoms with van der Waals surface area (Å²) in [5.74, 6) is 1.25. The van der Waals surface area contributed by atoms with Crippen LogP contribution >= 0.6 is 11.8 Å². The van der Waals surface area contributed by atoms with Crippen LogP contribution in [0, 0.1) is 0 Å². The largest absolute Gasteiger partial charge is 0.355 e. The summed E-state index contributed by atoms with van der Waals surface area (Å²) in [5, 5.41) is 0.629. The van der Waals surface area contributed by atoms with Crippen molar-refractivity contribution in [2.45, 2.75) is 48.5 Å². The van der Waals surface area contributed by atoms with Crippen molar-refractivity contribution in [2.75, 3.05) is 18.6 Å². The van der Waals surface area contributed by atoms with Gasteiger partial charge in [0, 0.05) is 17.2 Å². The van der Waals surface area contributed by atoms with Gasteiger partial charge in [0.2, 0.25) is 0 Å². The molecule has 0 aliphatic carbocycles. The smallest absolute Gasteiger partial charge is 0.175 e. The summed E-state index contributed by atoms with van der Waals surface area (Å²) < 4.78 is 29.1. The van der Waals surface area contributed by atoms with E-state index >= 15 is 0 Å². The Kier molecular flexibility index (Phi) is 5.44. The first kappa shape index (κ1) is 17.0. The van der Waals surface area contributed by atoms with Crippen LogP contribution in [0.2, 0.25) is 0 Å². The molecule has 1 aromatic carbocycles. The van der Waals surface area contributed by atoms with Crippen LogP contribution in [0.4, 0.5) is 0 Å². The Morgan fingerprint density at radius 3 is 2.65 bits per heavy atom. The Morgan fingerprint density at radius 1 is 1.22 bits per heavy atom. The number of aliphatic imine (C=N–C) groups is 1. The molecule has 2 heterocycles. The topological polar surface area (TPSA) is 55.7 Å². The van der Waals surface area contributed by atoms with E-state index in [-0.39, 0.29) is 6.23 Å². The van der Waals surface area contributed by atoms with Crippen molar-refractivity contribution in [1.82, 2.24) is 0 Å².